The van der Waals surface area contributed by atoms with E-state index in [1.165, 1.54) is 65.3 Å². The van der Waals surface area contributed by atoms with Gasteiger partial charge in [-0.2, -0.15) is 0 Å². The first-order valence-corrected chi connectivity index (χ1v) is 21.7. The van der Waals surface area contributed by atoms with Gasteiger partial charge in [-0.15, -0.1) is 0 Å². The summed E-state index contributed by atoms with van der Waals surface area (Å²) in [5.74, 6) is 1.90. The third-order valence-electron chi connectivity index (χ3n) is 12.7. The molecular weight excluding hydrogens is 779 g/mol. The van der Waals surface area contributed by atoms with Crippen molar-refractivity contribution in [1.82, 2.24) is 24.1 Å². The Balaban J connectivity index is 1.05. The van der Waals surface area contributed by atoms with Gasteiger partial charge >= 0.3 is 0 Å². The van der Waals surface area contributed by atoms with Gasteiger partial charge in [-0.05, 0) is 87.3 Å². The monoisotopic (exact) mass is 815 g/mol. The first kappa shape index (κ1) is 36.0. The zero-order chi connectivity index (χ0) is 42.1. The molecule has 0 saturated heterocycles. The van der Waals surface area contributed by atoms with Gasteiger partial charge in [-0.3, -0.25) is 0 Å². The lowest BCUT2D eigenvalue weighted by Gasteiger charge is -2.13. The summed E-state index contributed by atoms with van der Waals surface area (Å²) in [6.45, 7) is 0. The van der Waals surface area contributed by atoms with Crippen molar-refractivity contribution in [2.45, 2.75) is 0 Å². The van der Waals surface area contributed by atoms with Gasteiger partial charge in [0.1, 0.15) is 0 Å². The molecule has 10 aromatic carbocycles. The second kappa shape index (κ2) is 14.5. The van der Waals surface area contributed by atoms with Crippen LogP contribution in [0.5, 0.6) is 0 Å². The van der Waals surface area contributed by atoms with Crippen molar-refractivity contribution < 1.29 is 0 Å². The molecule has 0 saturated carbocycles. The van der Waals surface area contributed by atoms with Crippen LogP contribution in [0, 0.1) is 0 Å². The molecule has 0 spiro atoms. The molecule has 0 amide bonds. The van der Waals surface area contributed by atoms with Crippen LogP contribution in [0.3, 0.4) is 0 Å². The minimum Gasteiger partial charge on any atom is -0.309 e. The third kappa shape index (κ3) is 5.68. The Kier molecular flexibility index (Phi) is 8.15. The van der Waals surface area contributed by atoms with Gasteiger partial charge in [-0.1, -0.05) is 170 Å². The molecule has 0 N–H and O–H groups in total. The Hall–Kier alpha value is -8.67. The normalized spacial score (nSPS) is 11.8. The zero-order valence-corrected chi connectivity index (χ0v) is 34.6. The molecule has 0 aliphatic carbocycles. The van der Waals surface area contributed by atoms with Gasteiger partial charge in [0.15, 0.2) is 17.5 Å². The molecular formula is C59H37N5. The summed E-state index contributed by atoms with van der Waals surface area (Å²) < 4.78 is 4.82. The Labute approximate surface area is 368 Å². The molecule has 0 unspecified atom stereocenters. The van der Waals surface area contributed by atoms with Crippen molar-refractivity contribution in [1.29, 1.82) is 0 Å². The Morgan fingerprint density at radius 3 is 1.52 bits per heavy atom. The highest BCUT2D eigenvalue weighted by molar-refractivity contribution is 6.25. The second-order valence-electron chi connectivity index (χ2n) is 16.4. The van der Waals surface area contributed by atoms with Crippen molar-refractivity contribution >= 4 is 65.2 Å². The molecule has 13 rings (SSSR count). The van der Waals surface area contributed by atoms with E-state index in [0.717, 1.165) is 39.1 Å². The molecule has 3 heterocycles. The largest absolute Gasteiger partial charge is 0.309 e. The van der Waals surface area contributed by atoms with E-state index in [0.29, 0.717) is 17.5 Å². The van der Waals surface area contributed by atoms with E-state index in [4.69, 9.17) is 15.0 Å². The van der Waals surface area contributed by atoms with E-state index < -0.39 is 0 Å². The lowest BCUT2D eigenvalue weighted by molar-refractivity contribution is 1.07. The lowest BCUT2D eigenvalue weighted by Crippen LogP contribution is -2.01. The van der Waals surface area contributed by atoms with E-state index in [1.54, 1.807) is 0 Å². The standard InChI is InChI=1S/C59H37N5/c1-4-18-39(19-5-1)57-60-58(40-20-6-2-7-21-40)62-59(61-57)42-22-16-25-44(35-42)64-52-33-32-41(36-50(52)55-45-26-11-10-17-38(45)31-34-53(55)64)49-37-54-56(47-28-13-12-27-46(47)49)48-29-14-15-30-51(48)63(54)43-23-8-3-9-24-43/h1-37H. The van der Waals surface area contributed by atoms with Crippen LogP contribution in [-0.4, -0.2) is 24.1 Å². The number of hydrogen-bond acceptors (Lipinski definition) is 3. The second-order valence-corrected chi connectivity index (χ2v) is 16.4. The first-order chi connectivity index (χ1) is 31.7. The van der Waals surface area contributed by atoms with Gasteiger partial charge in [-0.25, -0.2) is 15.0 Å². The molecule has 0 aliphatic heterocycles. The van der Waals surface area contributed by atoms with E-state index in [9.17, 15) is 0 Å². The Bertz CT molecular complexity index is 3890. The SMILES string of the molecule is c1ccc(-c2nc(-c3ccccc3)nc(-c3cccc(-n4c5ccc(-c6cc7c(c8ccccc68)c6ccccc6n7-c6ccccc6)cc5c5c6ccccc6ccc54)c3)n2)cc1. The lowest BCUT2D eigenvalue weighted by atomic mass is 9.93. The van der Waals surface area contributed by atoms with Crippen molar-refractivity contribution in [2.75, 3.05) is 0 Å². The van der Waals surface area contributed by atoms with Gasteiger partial charge in [0.2, 0.25) is 0 Å². The molecule has 13 aromatic rings. The molecule has 0 bridgehead atoms. The molecule has 3 aromatic heterocycles. The van der Waals surface area contributed by atoms with Gasteiger partial charge < -0.3 is 9.13 Å². The molecule has 0 atom stereocenters. The number of benzene rings is 10. The van der Waals surface area contributed by atoms with Crippen LogP contribution < -0.4 is 0 Å². The fourth-order valence-corrected chi connectivity index (χ4v) is 9.88. The molecule has 64 heavy (non-hydrogen) atoms. The van der Waals surface area contributed by atoms with E-state index in [-0.39, 0.29) is 0 Å². The first-order valence-electron chi connectivity index (χ1n) is 21.7. The average Bonchev–Trinajstić information content (AvgIpc) is 3.90. The zero-order valence-electron chi connectivity index (χ0n) is 34.6. The van der Waals surface area contributed by atoms with Crippen molar-refractivity contribution in [3.8, 4) is 56.7 Å². The average molecular weight is 816 g/mol. The molecule has 5 heteroatoms. The highest BCUT2D eigenvalue weighted by atomic mass is 15.0. The fraction of sp³-hybridized carbons (Fsp3) is 0. The summed E-state index contributed by atoms with van der Waals surface area (Å²) in [5.41, 5.74) is 12.0. The summed E-state index contributed by atoms with van der Waals surface area (Å²) in [7, 11) is 0. The van der Waals surface area contributed by atoms with Crippen LogP contribution in [0.25, 0.3) is 122 Å². The summed E-state index contributed by atoms with van der Waals surface area (Å²) >= 11 is 0. The number of hydrogen-bond donors (Lipinski definition) is 0. The maximum Gasteiger partial charge on any atom is 0.164 e. The maximum absolute atomic E-state index is 5.09. The summed E-state index contributed by atoms with van der Waals surface area (Å²) in [5, 5.41) is 9.85. The van der Waals surface area contributed by atoms with Gasteiger partial charge in [0.05, 0.1) is 22.1 Å². The molecule has 298 valence electrons. The Morgan fingerprint density at radius 2 is 0.781 bits per heavy atom. The van der Waals surface area contributed by atoms with Crippen molar-refractivity contribution in [2.24, 2.45) is 0 Å². The predicted molar refractivity (Wildman–Crippen MR) is 265 cm³/mol. The summed E-state index contributed by atoms with van der Waals surface area (Å²) in [4.78, 5) is 15.1. The van der Waals surface area contributed by atoms with Gasteiger partial charge in [0.25, 0.3) is 0 Å². The topological polar surface area (TPSA) is 48.5 Å². The van der Waals surface area contributed by atoms with Crippen LogP contribution >= 0.6 is 0 Å². The molecule has 0 aliphatic rings. The number of fused-ring (bicyclic) bond motifs is 10. The molecule has 0 fully saturated rings. The minimum absolute atomic E-state index is 0.623. The molecule has 0 radical (unpaired) electrons. The number of para-hydroxylation sites is 2. The smallest absolute Gasteiger partial charge is 0.164 e. The minimum atomic E-state index is 0.623. The van der Waals surface area contributed by atoms with Crippen LogP contribution in [0.4, 0.5) is 0 Å². The van der Waals surface area contributed by atoms with Crippen LogP contribution in [0.15, 0.2) is 224 Å². The highest BCUT2D eigenvalue weighted by Crippen LogP contribution is 2.44. The number of rotatable bonds is 6. The van der Waals surface area contributed by atoms with Crippen LogP contribution in [-0.2, 0) is 0 Å². The quantitative estimate of drug-likeness (QED) is 0.168. The van der Waals surface area contributed by atoms with Crippen molar-refractivity contribution in [3.63, 3.8) is 0 Å². The third-order valence-corrected chi connectivity index (χ3v) is 12.7. The number of aromatic nitrogens is 5. The van der Waals surface area contributed by atoms with E-state index in [1.807, 2.05) is 60.7 Å². The predicted octanol–water partition coefficient (Wildman–Crippen LogP) is 15.0. The number of nitrogens with zero attached hydrogens (tertiary/aromatic N) is 5. The summed E-state index contributed by atoms with van der Waals surface area (Å²) in [6, 6.07) is 80.0. The highest BCUT2D eigenvalue weighted by Gasteiger charge is 2.21. The van der Waals surface area contributed by atoms with Gasteiger partial charge in [0, 0.05) is 49.6 Å². The van der Waals surface area contributed by atoms with E-state index >= 15 is 0 Å². The van der Waals surface area contributed by atoms with Crippen molar-refractivity contribution in [3.05, 3.63) is 224 Å². The Morgan fingerprint density at radius 1 is 0.266 bits per heavy atom. The molecule has 5 nitrogen and oxygen atoms in total. The van der Waals surface area contributed by atoms with Crippen LogP contribution in [0.1, 0.15) is 0 Å². The summed E-state index contributed by atoms with van der Waals surface area (Å²) in [6.07, 6.45) is 0. The maximum atomic E-state index is 5.09. The van der Waals surface area contributed by atoms with Crippen LogP contribution in [0.2, 0.25) is 0 Å². The fourth-order valence-electron chi connectivity index (χ4n) is 9.88. The van der Waals surface area contributed by atoms with E-state index in [2.05, 4.69) is 173 Å².